The smallest absolute Gasteiger partial charge is 0.364 e. The number of allylic oxidation sites excluding steroid dienone is 3. The molecule has 0 radical (unpaired) electrons. The van der Waals surface area contributed by atoms with Gasteiger partial charge in [-0.05, 0) is 60.9 Å². The lowest BCUT2D eigenvalue weighted by Crippen LogP contribution is -2.30. The fourth-order valence-corrected chi connectivity index (χ4v) is 4.68. The number of hydrogen-bond donors (Lipinski definition) is 2. The minimum absolute atomic E-state index is 0.0000954. The number of nitriles is 1. The SMILES string of the molecule is CC1=C(NC(=O)c2cc(C(N)=O)nc3ccccc23)C(C(F)(F)F)=CCCC1Cc1ccc(CC#N)cc1. The number of hydrogen-bond acceptors (Lipinski definition) is 4. The first-order chi connectivity index (χ1) is 18.1. The maximum atomic E-state index is 14.1. The number of primary amides is 1. The second kappa shape index (κ2) is 10.9. The largest absolute Gasteiger partial charge is 0.418 e. The maximum absolute atomic E-state index is 14.1. The standard InChI is InChI=1S/C29H25F3N4O2/c1-17-20(15-19-11-9-18(10-12-19)13-14-33)5-4-7-23(29(30,31)32)26(17)36-28(38)22-16-25(27(34)37)35-24-8-3-2-6-21(22)24/h2-3,6-12,16,20H,4-5,13,15H2,1H3,(H2,34,37)(H,36,38). The zero-order chi connectivity index (χ0) is 27.4. The molecular formula is C29H25F3N4O2. The number of alkyl halides is 3. The van der Waals surface area contributed by atoms with Gasteiger partial charge in [0.05, 0.1) is 34.8 Å². The number of amides is 2. The molecule has 3 N–H and O–H groups in total. The van der Waals surface area contributed by atoms with Crippen molar-refractivity contribution in [3.63, 3.8) is 0 Å². The fourth-order valence-electron chi connectivity index (χ4n) is 4.68. The number of para-hydroxylation sites is 1. The quantitative estimate of drug-likeness (QED) is 0.446. The molecule has 3 aromatic rings. The van der Waals surface area contributed by atoms with Gasteiger partial charge < -0.3 is 11.1 Å². The van der Waals surface area contributed by atoms with Gasteiger partial charge in [0.25, 0.3) is 11.8 Å². The normalized spacial score (nSPS) is 16.0. The molecule has 0 aliphatic heterocycles. The number of aromatic nitrogens is 1. The first-order valence-electron chi connectivity index (χ1n) is 12.0. The van der Waals surface area contributed by atoms with E-state index < -0.39 is 23.6 Å². The molecular weight excluding hydrogens is 493 g/mol. The second-order valence-corrected chi connectivity index (χ2v) is 9.19. The summed E-state index contributed by atoms with van der Waals surface area (Å²) in [4.78, 5) is 29.4. The van der Waals surface area contributed by atoms with Gasteiger partial charge in [-0.1, -0.05) is 48.5 Å². The van der Waals surface area contributed by atoms with E-state index in [1.165, 1.54) is 6.07 Å². The van der Waals surface area contributed by atoms with Crippen molar-refractivity contribution >= 4 is 22.7 Å². The zero-order valence-corrected chi connectivity index (χ0v) is 20.6. The van der Waals surface area contributed by atoms with E-state index in [1.807, 2.05) is 24.3 Å². The van der Waals surface area contributed by atoms with Crippen LogP contribution in [0.25, 0.3) is 10.9 Å². The average Bonchev–Trinajstić information content (AvgIpc) is 3.03. The van der Waals surface area contributed by atoms with Gasteiger partial charge in [0, 0.05) is 5.39 Å². The fraction of sp³-hybridized carbons (Fsp3) is 0.241. The van der Waals surface area contributed by atoms with Crippen molar-refractivity contribution in [3.05, 3.63) is 99.9 Å². The highest BCUT2D eigenvalue weighted by molar-refractivity contribution is 6.09. The van der Waals surface area contributed by atoms with Crippen molar-refractivity contribution in [2.45, 2.75) is 38.8 Å². The van der Waals surface area contributed by atoms with Crippen molar-refractivity contribution in [1.82, 2.24) is 10.3 Å². The predicted molar refractivity (Wildman–Crippen MR) is 137 cm³/mol. The number of rotatable bonds is 6. The van der Waals surface area contributed by atoms with Crippen LogP contribution in [0.2, 0.25) is 0 Å². The van der Waals surface area contributed by atoms with Crippen LogP contribution in [0.4, 0.5) is 13.2 Å². The van der Waals surface area contributed by atoms with E-state index in [-0.39, 0.29) is 35.7 Å². The first-order valence-corrected chi connectivity index (χ1v) is 12.0. The van der Waals surface area contributed by atoms with Crippen molar-refractivity contribution in [3.8, 4) is 6.07 Å². The first kappa shape index (κ1) is 26.6. The van der Waals surface area contributed by atoms with Crippen LogP contribution in [0.15, 0.2) is 77.5 Å². The Labute approximate surface area is 217 Å². The molecule has 1 aromatic heterocycles. The summed E-state index contributed by atoms with van der Waals surface area (Å²) in [6.45, 7) is 1.61. The maximum Gasteiger partial charge on any atom is 0.418 e. The molecule has 1 aliphatic rings. The molecule has 0 saturated heterocycles. The van der Waals surface area contributed by atoms with E-state index in [0.29, 0.717) is 29.3 Å². The van der Waals surface area contributed by atoms with Crippen LogP contribution >= 0.6 is 0 Å². The van der Waals surface area contributed by atoms with Crippen LogP contribution in [0, 0.1) is 17.2 Å². The summed E-state index contributed by atoms with van der Waals surface area (Å²) in [6.07, 6.45) is -2.16. The van der Waals surface area contributed by atoms with Crippen LogP contribution in [-0.2, 0) is 12.8 Å². The van der Waals surface area contributed by atoms with Crippen LogP contribution in [0.3, 0.4) is 0 Å². The highest BCUT2D eigenvalue weighted by Crippen LogP contribution is 2.38. The molecule has 0 fully saturated rings. The van der Waals surface area contributed by atoms with Crippen LogP contribution in [0.5, 0.6) is 0 Å². The molecule has 0 bridgehead atoms. The molecule has 6 nitrogen and oxygen atoms in total. The summed E-state index contributed by atoms with van der Waals surface area (Å²) in [5, 5.41) is 11.8. The van der Waals surface area contributed by atoms with E-state index in [9.17, 15) is 22.8 Å². The Morgan fingerprint density at radius 3 is 2.47 bits per heavy atom. The summed E-state index contributed by atoms with van der Waals surface area (Å²) in [7, 11) is 0. The monoisotopic (exact) mass is 518 g/mol. The number of nitrogens with two attached hydrogens (primary N) is 1. The highest BCUT2D eigenvalue weighted by Gasteiger charge is 2.39. The van der Waals surface area contributed by atoms with Gasteiger partial charge in [-0.25, -0.2) is 4.98 Å². The molecule has 1 unspecified atom stereocenters. The summed E-state index contributed by atoms with van der Waals surface area (Å²) < 4.78 is 42.4. The lowest BCUT2D eigenvalue weighted by molar-refractivity contribution is -0.0900. The molecule has 1 aliphatic carbocycles. The summed E-state index contributed by atoms with van der Waals surface area (Å²) in [6, 6.07) is 17.2. The molecule has 2 amide bonds. The minimum Gasteiger partial charge on any atom is -0.364 e. The molecule has 1 atom stereocenters. The molecule has 9 heteroatoms. The Bertz CT molecular complexity index is 1500. The number of nitrogens with zero attached hydrogens (tertiary/aromatic N) is 2. The van der Waals surface area contributed by atoms with Crippen LogP contribution < -0.4 is 11.1 Å². The van der Waals surface area contributed by atoms with Gasteiger partial charge in [-0.2, -0.15) is 18.4 Å². The number of carbonyl (C=O) groups is 2. The van der Waals surface area contributed by atoms with Crippen molar-refractivity contribution < 1.29 is 22.8 Å². The summed E-state index contributed by atoms with van der Waals surface area (Å²) in [5.74, 6) is -1.91. The average molecular weight is 519 g/mol. The van der Waals surface area contributed by atoms with E-state index in [2.05, 4.69) is 16.4 Å². The van der Waals surface area contributed by atoms with E-state index in [4.69, 9.17) is 11.0 Å². The molecule has 194 valence electrons. The number of fused-ring (bicyclic) bond motifs is 1. The van der Waals surface area contributed by atoms with Crippen molar-refractivity contribution in [2.24, 2.45) is 11.7 Å². The Kier molecular flexibility index (Phi) is 7.62. The number of benzene rings is 2. The van der Waals surface area contributed by atoms with Gasteiger partial charge in [-0.15, -0.1) is 0 Å². The van der Waals surface area contributed by atoms with E-state index in [1.54, 1.807) is 31.2 Å². The lowest BCUT2D eigenvalue weighted by atomic mass is 9.88. The Hall–Kier alpha value is -4.45. The third-order valence-corrected chi connectivity index (χ3v) is 6.69. The summed E-state index contributed by atoms with van der Waals surface area (Å²) >= 11 is 0. The molecule has 1 heterocycles. The lowest BCUT2D eigenvalue weighted by Gasteiger charge is -2.22. The molecule has 0 spiro atoms. The molecule has 4 rings (SSSR count). The summed E-state index contributed by atoms with van der Waals surface area (Å²) in [5.41, 5.74) is 6.55. The van der Waals surface area contributed by atoms with Crippen molar-refractivity contribution in [1.29, 1.82) is 5.26 Å². The number of halogens is 3. The Morgan fingerprint density at radius 2 is 1.82 bits per heavy atom. The predicted octanol–water partition coefficient (Wildman–Crippen LogP) is 5.54. The highest BCUT2D eigenvalue weighted by atomic mass is 19.4. The van der Waals surface area contributed by atoms with Gasteiger partial charge in [0.1, 0.15) is 5.69 Å². The number of nitrogens with one attached hydrogen (secondary N) is 1. The van der Waals surface area contributed by atoms with Crippen molar-refractivity contribution in [2.75, 3.05) is 0 Å². The van der Waals surface area contributed by atoms with E-state index >= 15 is 0 Å². The molecule has 0 saturated carbocycles. The third kappa shape index (κ3) is 5.75. The number of carbonyl (C=O) groups excluding carboxylic acids is 2. The topological polar surface area (TPSA) is 109 Å². The van der Waals surface area contributed by atoms with Crippen LogP contribution in [0.1, 0.15) is 51.7 Å². The van der Waals surface area contributed by atoms with Gasteiger partial charge in [-0.3, -0.25) is 9.59 Å². The molecule has 2 aromatic carbocycles. The van der Waals surface area contributed by atoms with Gasteiger partial charge >= 0.3 is 6.18 Å². The zero-order valence-electron chi connectivity index (χ0n) is 20.6. The van der Waals surface area contributed by atoms with Gasteiger partial charge in [0.2, 0.25) is 0 Å². The number of pyridine rings is 1. The van der Waals surface area contributed by atoms with Gasteiger partial charge in [0.15, 0.2) is 0 Å². The minimum atomic E-state index is -4.68. The Morgan fingerprint density at radius 1 is 1.13 bits per heavy atom. The Balaban J connectivity index is 1.74. The van der Waals surface area contributed by atoms with Crippen LogP contribution in [-0.4, -0.2) is 23.0 Å². The second-order valence-electron chi connectivity index (χ2n) is 9.19. The molecule has 38 heavy (non-hydrogen) atoms. The van der Waals surface area contributed by atoms with E-state index in [0.717, 1.165) is 17.2 Å². The third-order valence-electron chi connectivity index (χ3n) is 6.69.